The maximum Gasteiger partial charge on any atom is 0.293 e. The Morgan fingerprint density at radius 2 is 1.66 bits per heavy atom. The van der Waals surface area contributed by atoms with Crippen LogP contribution in [0.25, 0.3) is 5.76 Å². The highest BCUT2D eigenvalue weighted by molar-refractivity contribution is 6.46. The van der Waals surface area contributed by atoms with Crippen molar-refractivity contribution in [1.82, 2.24) is 5.32 Å². The molecule has 0 spiro atoms. The molecule has 2 aromatic rings. The van der Waals surface area contributed by atoms with Crippen molar-refractivity contribution in [3.8, 4) is 5.75 Å². The fourth-order valence-electron chi connectivity index (χ4n) is 3.28. The molecule has 0 bridgehead atoms. The van der Waals surface area contributed by atoms with E-state index in [2.05, 4.69) is 26.1 Å². The van der Waals surface area contributed by atoms with Crippen molar-refractivity contribution < 1.29 is 19.4 Å². The summed E-state index contributed by atoms with van der Waals surface area (Å²) in [6.45, 7) is 8.99. The Balaban J connectivity index is 1.96. The summed E-state index contributed by atoms with van der Waals surface area (Å²) in [5, 5.41) is 13.5. The van der Waals surface area contributed by atoms with E-state index in [1.54, 1.807) is 24.3 Å². The predicted octanol–water partition coefficient (Wildman–Crippen LogP) is 4.48. The van der Waals surface area contributed by atoms with Crippen LogP contribution in [0.1, 0.15) is 56.8 Å². The van der Waals surface area contributed by atoms with Crippen LogP contribution in [0.2, 0.25) is 0 Å². The third kappa shape index (κ3) is 4.34. The van der Waals surface area contributed by atoms with Gasteiger partial charge in [-0.25, -0.2) is 0 Å². The summed E-state index contributed by atoms with van der Waals surface area (Å²) in [5.74, 6) is -0.923. The van der Waals surface area contributed by atoms with Crippen LogP contribution in [0.5, 0.6) is 5.75 Å². The van der Waals surface area contributed by atoms with Crippen molar-refractivity contribution in [2.75, 3.05) is 6.61 Å². The summed E-state index contributed by atoms with van der Waals surface area (Å²) in [6.07, 6.45) is 0.898. The molecule has 0 aromatic heterocycles. The van der Waals surface area contributed by atoms with E-state index in [-0.39, 0.29) is 16.7 Å². The molecule has 29 heavy (non-hydrogen) atoms. The molecule has 3 rings (SSSR count). The van der Waals surface area contributed by atoms with Gasteiger partial charge in [0.05, 0.1) is 18.2 Å². The average molecular weight is 393 g/mol. The fourth-order valence-corrected chi connectivity index (χ4v) is 3.28. The van der Waals surface area contributed by atoms with Gasteiger partial charge in [0.2, 0.25) is 0 Å². The highest BCUT2D eigenvalue weighted by Gasteiger charge is 2.39. The van der Waals surface area contributed by atoms with Gasteiger partial charge in [-0.05, 0) is 47.2 Å². The Morgan fingerprint density at radius 1 is 1.03 bits per heavy atom. The molecule has 1 amide bonds. The van der Waals surface area contributed by atoms with Gasteiger partial charge in [0, 0.05) is 5.56 Å². The lowest BCUT2D eigenvalue weighted by Crippen LogP contribution is -2.21. The standard InChI is InChI=1S/C24H27NO4/c1-5-14-29-18-12-8-16(9-13-18)21(26)19-20(25-23(28)22(19)27)15-6-10-17(11-7-15)24(2,3)4/h6-13,20,26H,5,14H2,1-4H3,(H,25,28). The summed E-state index contributed by atoms with van der Waals surface area (Å²) >= 11 is 0. The second-order valence-electron chi connectivity index (χ2n) is 8.24. The highest BCUT2D eigenvalue weighted by atomic mass is 16.5. The molecule has 2 aromatic carbocycles. The number of aliphatic hydroxyl groups is 1. The molecular formula is C24H27NO4. The monoisotopic (exact) mass is 393 g/mol. The molecule has 1 fully saturated rings. The number of rotatable bonds is 5. The first-order valence-corrected chi connectivity index (χ1v) is 9.84. The van der Waals surface area contributed by atoms with Crippen LogP contribution < -0.4 is 10.1 Å². The summed E-state index contributed by atoms with van der Waals surface area (Å²) in [4.78, 5) is 24.6. The van der Waals surface area contributed by atoms with Gasteiger partial charge in [0.25, 0.3) is 11.7 Å². The van der Waals surface area contributed by atoms with Crippen molar-refractivity contribution in [2.24, 2.45) is 0 Å². The number of Topliss-reactive ketones (excluding diaryl/α,β-unsaturated/α-hetero) is 1. The number of ketones is 1. The van der Waals surface area contributed by atoms with E-state index in [0.29, 0.717) is 17.9 Å². The molecule has 1 aliphatic heterocycles. The quantitative estimate of drug-likeness (QED) is 0.446. The molecule has 0 saturated carbocycles. The summed E-state index contributed by atoms with van der Waals surface area (Å²) < 4.78 is 5.55. The topological polar surface area (TPSA) is 75.6 Å². The maximum atomic E-state index is 12.5. The minimum absolute atomic E-state index is 0.00429. The third-order valence-corrected chi connectivity index (χ3v) is 4.98. The van der Waals surface area contributed by atoms with Gasteiger partial charge in [0.15, 0.2) is 0 Å². The molecule has 1 heterocycles. The van der Waals surface area contributed by atoms with Crippen LogP contribution >= 0.6 is 0 Å². The number of carbonyl (C=O) groups excluding carboxylic acids is 2. The molecule has 5 heteroatoms. The van der Waals surface area contributed by atoms with Crippen LogP contribution in [0.15, 0.2) is 54.1 Å². The Bertz CT molecular complexity index is 934. The van der Waals surface area contributed by atoms with Crippen LogP contribution in [0, 0.1) is 0 Å². The number of amides is 1. The second kappa shape index (κ2) is 8.11. The molecule has 5 nitrogen and oxygen atoms in total. The molecule has 2 N–H and O–H groups in total. The predicted molar refractivity (Wildman–Crippen MR) is 113 cm³/mol. The summed E-state index contributed by atoms with van der Waals surface area (Å²) in [5.41, 5.74) is 2.43. The molecule has 1 aliphatic rings. The lowest BCUT2D eigenvalue weighted by Gasteiger charge is -2.20. The second-order valence-corrected chi connectivity index (χ2v) is 8.24. The molecule has 1 saturated heterocycles. The lowest BCUT2D eigenvalue weighted by atomic mass is 9.85. The SMILES string of the molecule is CCCOc1ccc(C(O)=C2C(=O)C(=O)NC2c2ccc(C(C)(C)C)cc2)cc1. The number of benzene rings is 2. The molecular weight excluding hydrogens is 366 g/mol. The number of carbonyl (C=O) groups is 2. The molecule has 1 unspecified atom stereocenters. The zero-order valence-electron chi connectivity index (χ0n) is 17.3. The van der Waals surface area contributed by atoms with E-state index >= 15 is 0 Å². The Morgan fingerprint density at radius 3 is 2.21 bits per heavy atom. The van der Waals surface area contributed by atoms with E-state index in [9.17, 15) is 14.7 Å². The number of nitrogens with one attached hydrogen (secondary N) is 1. The van der Waals surface area contributed by atoms with Crippen LogP contribution in [0.3, 0.4) is 0 Å². The first kappa shape index (κ1) is 20.6. The molecule has 1 atom stereocenters. The number of aliphatic hydroxyl groups excluding tert-OH is 1. The first-order valence-electron chi connectivity index (χ1n) is 9.84. The third-order valence-electron chi connectivity index (χ3n) is 4.98. The fraction of sp³-hybridized carbons (Fsp3) is 0.333. The van der Waals surface area contributed by atoms with Gasteiger partial charge in [0.1, 0.15) is 11.5 Å². The Kier molecular flexibility index (Phi) is 5.78. The van der Waals surface area contributed by atoms with Gasteiger partial charge in [-0.1, -0.05) is 52.0 Å². The van der Waals surface area contributed by atoms with E-state index in [0.717, 1.165) is 17.5 Å². The van der Waals surface area contributed by atoms with Gasteiger partial charge in [-0.15, -0.1) is 0 Å². The van der Waals surface area contributed by atoms with E-state index < -0.39 is 17.7 Å². The van der Waals surface area contributed by atoms with E-state index in [1.165, 1.54) is 0 Å². The summed E-state index contributed by atoms with van der Waals surface area (Å²) in [6, 6.07) is 13.9. The number of hydrogen-bond acceptors (Lipinski definition) is 4. The largest absolute Gasteiger partial charge is 0.507 e. The first-order chi connectivity index (χ1) is 13.7. The van der Waals surface area contributed by atoms with Crippen molar-refractivity contribution in [3.05, 3.63) is 70.8 Å². The van der Waals surface area contributed by atoms with Crippen molar-refractivity contribution in [3.63, 3.8) is 0 Å². The minimum atomic E-state index is -0.710. The minimum Gasteiger partial charge on any atom is -0.507 e. The maximum absolute atomic E-state index is 12.5. The average Bonchev–Trinajstić information content (AvgIpc) is 3.00. The van der Waals surface area contributed by atoms with Crippen molar-refractivity contribution in [1.29, 1.82) is 0 Å². The Hall–Kier alpha value is -3.08. The molecule has 152 valence electrons. The van der Waals surface area contributed by atoms with Crippen molar-refractivity contribution in [2.45, 2.75) is 45.6 Å². The van der Waals surface area contributed by atoms with E-state index in [1.807, 2.05) is 31.2 Å². The zero-order chi connectivity index (χ0) is 21.2. The van der Waals surface area contributed by atoms with Gasteiger partial charge in [-0.2, -0.15) is 0 Å². The zero-order valence-corrected chi connectivity index (χ0v) is 17.3. The van der Waals surface area contributed by atoms with Crippen LogP contribution in [0.4, 0.5) is 0 Å². The smallest absolute Gasteiger partial charge is 0.293 e. The van der Waals surface area contributed by atoms with Gasteiger partial charge >= 0.3 is 0 Å². The van der Waals surface area contributed by atoms with Crippen molar-refractivity contribution >= 4 is 17.4 Å². The Labute approximate surface area is 171 Å². The molecule has 0 aliphatic carbocycles. The number of hydrogen-bond donors (Lipinski definition) is 2. The van der Waals surface area contributed by atoms with Crippen LogP contribution in [-0.4, -0.2) is 23.4 Å². The normalized spacial score (nSPS) is 18.6. The van der Waals surface area contributed by atoms with Crippen LogP contribution in [-0.2, 0) is 15.0 Å². The van der Waals surface area contributed by atoms with E-state index in [4.69, 9.17) is 4.74 Å². The van der Waals surface area contributed by atoms with Gasteiger partial charge in [-0.3, -0.25) is 9.59 Å². The van der Waals surface area contributed by atoms with Gasteiger partial charge < -0.3 is 15.2 Å². The highest BCUT2D eigenvalue weighted by Crippen LogP contribution is 2.34. The lowest BCUT2D eigenvalue weighted by molar-refractivity contribution is -0.133. The molecule has 0 radical (unpaired) electrons. The number of ether oxygens (including phenoxy) is 1. The summed E-state index contributed by atoms with van der Waals surface area (Å²) in [7, 11) is 0.